The van der Waals surface area contributed by atoms with Gasteiger partial charge in [-0.25, -0.2) is 0 Å². The van der Waals surface area contributed by atoms with Gasteiger partial charge in [-0.2, -0.15) is 0 Å². The van der Waals surface area contributed by atoms with Crippen molar-refractivity contribution in [3.05, 3.63) is 91.0 Å². The second-order valence-electron chi connectivity index (χ2n) is 6.43. The first-order valence-electron chi connectivity index (χ1n) is 9.01. The van der Waals surface area contributed by atoms with Gasteiger partial charge in [0, 0.05) is 0 Å². The Morgan fingerprint density at radius 3 is 1.46 bits per heavy atom. The summed E-state index contributed by atoms with van der Waals surface area (Å²) in [5, 5.41) is 0. The molecule has 3 aromatic rings. The monoisotopic (exact) mass is 452 g/mol. The van der Waals surface area contributed by atoms with Crippen LogP contribution in [0.1, 0.15) is 12.8 Å². The number of rotatable bonds is 7. The molecule has 0 aliphatic carbocycles. The second kappa shape index (κ2) is 9.04. The van der Waals surface area contributed by atoms with Crippen molar-refractivity contribution in [2.24, 2.45) is 0 Å². The Labute approximate surface area is 159 Å². The zero-order chi connectivity index (χ0) is 18.2. The number of hydrogen-bond acceptors (Lipinski definition) is 2. The van der Waals surface area contributed by atoms with Crippen LogP contribution >= 0.6 is 0 Å². The van der Waals surface area contributed by atoms with Crippen molar-refractivity contribution in [1.29, 1.82) is 0 Å². The maximum absolute atomic E-state index is 11.7. The molecule has 3 heteroatoms. The van der Waals surface area contributed by atoms with Crippen LogP contribution in [0, 0.1) is 0 Å². The van der Waals surface area contributed by atoms with E-state index in [4.69, 9.17) is 4.74 Å². The minimum absolute atomic E-state index is 0.126. The molecule has 0 saturated heterocycles. The van der Waals surface area contributed by atoms with Crippen molar-refractivity contribution in [1.82, 2.24) is 0 Å². The Kier molecular flexibility index (Phi) is 6.50. The van der Waals surface area contributed by atoms with E-state index in [1.165, 1.54) is 17.8 Å². The van der Waals surface area contributed by atoms with Gasteiger partial charge in [-0.15, -0.1) is 0 Å². The summed E-state index contributed by atoms with van der Waals surface area (Å²) in [5.41, 5.74) is 0. The summed E-state index contributed by atoms with van der Waals surface area (Å²) in [7, 11) is 1.46. The third kappa shape index (κ3) is 4.01. The molecule has 3 aromatic carbocycles. The summed E-state index contributed by atoms with van der Waals surface area (Å²) in [5.74, 6) is -0.126. The standard InChI is InChI=1S/3C6H5.C5H9O2.Sn/c3*1-2-4-6-5-3-1;1-3-4-5(6)7-2;/h3*1-5H;1,3-4H2,2H3;. The number of benzene rings is 3. The predicted molar refractivity (Wildman–Crippen MR) is 110 cm³/mol. The zero-order valence-electron chi connectivity index (χ0n) is 15.1. The van der Waals surface area contributed by atoms with Crippen LogP contribution in [0.3, 0.4) is 0 Å². The summed E-state index contributed by atoms with van der Waals surface area (Å²) >= 11 is -3.19. The molecule has 0 radical (unpaired) electrons. The Morgan fingerprint density at radius 1 is 0.731 bits per heavy atom. The number of ether oxygens (including phenoxy) is 1. The van der Waals surface area contributed by atoms with E-state index >= 15 is 0 Å². The summed E-state index contributed by atoms with van der Waals surface area (Å²) < 4.78 is 10.3. The van der Waals surface area contributed by atoms with Crippen LogP contribution in [0.5, 0.6) is 0 Å². The van der Waals surface area contributed by atoms with E-state index in [1.54, 1.807) is 0 Å². The number of hydrogen-bond donors (Lipinski definition) is 0. The Bertz CT molecular complexity index is 720. The molecule has 0 heterocycles. The van der Waals surface area contributed by atoms with Gasteiger partial charge >= 0.3 is 160 Å². The van der Waals surface area contributed by atoms with Crippen LogP contribution in [-0.4, -0.2) is 31.5 Å². The van der Waals surface area contributed by atoms with Gasteiger partial charge in [0.05, 0.1) is 0 Å². The molecule has 0 aliphatic rings. The molecule has 0 spiro atoms. The molecule has 26 heavy (non-hydrogen) atoms. The Hall–Kier alpha value is -2.07. The van der Waals surface area contributed by atoms with Crippen molar-refractivity contribution in [3.8, 4) is 0 Å². The Morgan fingerprint density at radius 2 is 1.12 bits per heavy atom. The normalized spacial score (nSPS) is 11.1. The topological polar surface area (TPSA) is 26.3 Å². The molecule has 132 valence electrons. The average molecular weight is 451 g/mol. The zero-order valence-corrected chi connectivity index (χ0v) is 18.0. The molecule has 0 fully saturated rings. The molecule has 3 rings (SSSR count). The molecule has 2 nitrogen and oxygen atoms in total. The van der Waals surface area contributed by atoms with Crippen LogP contribution < -0.4 is 10.7 Å². The number of carbonyl (C=O) groups excluding carboxylic acids is 1. The fourth-order valence-electron chi connectivity index (χ4n) is 3.70. The fourth-order valence-corrected chi connectivity index (χ4v) is 17.6. The van der Waals surface area contributed by atoms with Crippen molar-refractivity contribution >= 4 is 35.1 Å². The summed E-state index contributed by atoms with van der Waals surface area (Å²) in [6, 6.07) is 32.6. The van der Waals surface area contributed by atoms with Crippen LogP contribution in [-0.2, 0) is 9.53 Å². The quantitative estimate of drug-likeness (QED) is 0.408. The molecule has 0 N–H and O–H groups in total. The van der Waals surface area contributed by atoms with Crippen molar-refractivity contribution in [2.75, 3.05) is 7.11 Å². The first-order chi connectivity index (χ1) is 12.8. The Balaban J connectivity index is 2.13. The van der Waals surface area contributed by atoms with E-state index in [1.807, 2.05) is 0 Å². The molecule has 0 atom stereocenters. The average Bonchev–Trinajstić information content (AvgIpc) is 2.73. The van der Waals surface area contributed by atoms with Gasteiger partial charge in [-0.3, -0.25) is 0 Å². The van der Waals surface area contributed by atoms with E-state index in [9.17, 15) is 4.79 Å². The van der Waals surface area contributed by atoms with Crippen LogP contribution in [0.4, 0.5) is 0 Å². The van der Waals surface area contributed by atoms with Crippen molar-refractivity contribution in [2.45, 2.75) is 17.3 Å². The summed E-state index contributed by atoms with van der Waals surface area (Å²) in [4.78, 5) is 11.7. The van der Waals surface area contributed by atoms with Gasteiger partial charge in [0.1, 0.15) is 0 Å². The molecular formula is C23H24O2Sn. The maximum atomic E-state index is 11.7. The van der Waals surface area contributed by atoms with Gasteiger partial charge in [-0.1, -0.05) is 0 Å². The van der Waals surface area contributed by atoms with E-state index < -0.39 is 18.4 Å². The molecule has 0 unspecified atom stereocenters. The third-order valence-corrected chi connectivity index (χ3v) is 19.4. The summed E-state index contributed by atoms with van der Waals surface area (Å²) in [6.07, 6.45) is 1.32. The second-order valence-corrected chi connectivity index (χ2v) is 18.0. The van der Waals surface area contributed by atoms with Crippen LogP contribution in [0.15, 0.2) is 91.0 Å². The van der Waals surface area contributed by atoms with Crippen LogP contribution in [0.2, 0.25) is 4.44 Å². The van der Waals surface area contributed by atoms with E-state index in [0.717, 1.165) is 10.9 Å². The number of carbonyl (C=O) groups is 1. The first-order valence-corrected chi connectivity index (χ1v) is 15.3. The van der Waals surface area contributed by atoms with Crippen molar-refractivity contribution < 1.29 is 9.53 Å². The van der Waals surface area contributed by atoms with Gasteiger partial charge in [0.2, 0.25) is 0 Å². The molecule has 0 aliphatic heterocycles. The summed E-state index contributed by atoms with van der Waals surface area (Å²) in [6.45, 7) is 0. The van der Waals surface area contributed by atoms with E-state index in [0.29, 0.717) is 6.42 Å². The van der Waals surface area contributed by atoms with Gasteiger partial charge in [-0.05, 0) is 0 Å². The molecule has 0 aromatic heterocycles. The fraction of sp³-hybridized carbons (Fsp3) is 0.174. The van der Waals surface area contributed by atoms with Crippen LogP contribution in [0.25, 0.3) is 0 Å². The third-order valence-electron chi connectivity index (χ3n) is 4.96. The minimum atomic E-state index is -3.19. The molecular weight excluding hydrogens is 427 g/mol. The van der Waals surface area contributed by atoms with Gasteiger partial charge in [0.15, 0.2) is 0 Å². The number of esters is 1. The van der Waals surface area contributed by atoms with Crippen molar-refractivity contribution in [3.63, 3.8) is 0 Å². The van der Waals surface area contributed by atoms with Gasteiger partial charge < -0.3 is 0 Å². The molecule has 0 amide bonds. The molecule has 0 bridgehead atoms. The first kappa shape index (κ1) is 18.7. The predicted octanol–water partition coefficient (Wildman–Crippen LogP) is 3.11. The van der Waals surface area contributed by atoms with E-state index in [2.05, 4.69) is 91.0 Å². The van der Waals surface area contributed by atoms with E-state index in [-0.39, 0.29) is 5.97 Å². The SMILES string of the molecule is COC(=O)CC[CH2][Sn]([c]1ccccc1)([c]1ccccc1)[c]1ccccc1. The number of methoxy groups -OCH3 is 1. The molecule has 0 saturated carbocycles. The van der Waals surface area contributed by atoms with Gasteiger partial charge in [0.25, 0.3) is 0 Å².